The van der Waals surface area contributed by atoms with E-state index in [0.29, 0.717) is 10.0 Å². The molecule has 0 spiro atoms. The van der Waals surface area contributed by atoms with Gasteiger partial charge in [-0.1, -0.05) is 19.1 Å². The predicted octanol–water partition coefficient (Wildman–Crippen LogP) is 4.01. The second kappa shape index (κ2) is 7.18. The van der Waals surface area contributed by atoms with Crippen molar-refractivity contribution in [2.24, 2.45) is 0 Å². The zero-order valence-corrected chi connectivity index (χ0v) is 14.2. The monoisotopic (exact) mass is 353 g/mol. The Morgan fingerprint density at radius 3 is 2.81 bits per heavy atom. The Morgan fingerprint density at radius 2 is 2.14 bits per heavy atom. The van der Waals surface area contributed by atoms with Gasteiger partial charge in [0.05, 0.1) is 10.2 Å². The molecule has 0 saturated heterocycles. The van der Waals surface area contributed by atoms with Crippen LogP contribution in [0.25, 0.3) is 0 Å². The minimum absolute atomic E-state index is 0.0612. The van der Waals surface area contributed by atoms with Gasteiger partial charge in [0.25, 0.3) is 0 Å². The molecule has 0 fully saturated rings. The van der Waals surface area contributed by atoms with Gasteiger partial charge in [0.15, 0.2) is 0 Å². The third-order valence-corrected chi connectivity index (χ3v) is 4.12. The molecular formula is C16H21BrFN3. The number of nitrogens with one attached hydrogen (secondary N) is 1. The maximum atomic E-state index is 14.4. The van der Waals surface area contributed by atoms with Crippen LogP contribution in [0.1, 0.15) is 36.8 Å². The maximum absolute atomic E-state index is 14.4. The standard InChI is InChI=1S/C16H21BrFN3/c1-4-19-15(13-7-6-8-14(17)16(13)18)10-12-9-11(3)20-21(12)5-2/h6-9,15,19H,4-5,10H2,1-3H3. The SMILES string of the molecule is CCNC(Cc1cc(C)nn1CC)c1cccc(Br)c1F. The molecule has 2 aromatic rings. The van der Waals surface area contributed by atoms with Crippen LogP contribution in [-0.2, 0) is 13.0 Å². The molecule has 1 heterocycles. The normalized spacial score (nSPS) is 12.6. The van der Waals surface area contributed by atoms with Gasteiger partial charge in [-0.15, -0.1) is 0 Å². The lowest BCUT2D eigenvalue weighted by Gasteiger charge is -2.20. The number of rotatable bonds is 6. The molecule has 3 nitrogen and oxygen atoms in total. The minimum atomic E-state index is -0.192. The summed E-state index contributed by atoms with van der Waals surface area (Å²) in [6.45, 7) is 7.69. The quantitative estimate of drug-likeness (QED) is 0.850. The van der Waals surface area contributed by atoms with Crippen molar-refractivity contribution in [2.45, 2.75) is 39.8 Å². The third-order valence-electron chi connectivity index (χ3n) is 3.51. The first kappa shape index (κ1) is 16.2. The molecule has 0 amide bonds. The van der Waals surface area contributed by atoms with Gasteiger partial charge < -0.3 is 5.32 Å². The number of aromatic nitrogens is 2. The van der Waals surface area contributed by atoms with E-state index in [1.165, 1.54) is 0 Å². The van der Waals surface area contributed by atoms with Gasteiger partial charge in [-0.25, -0.2) is 4.39 Å². The molecule has 1 atom stereocenters. The molecule has 0 aliphatic carbocycles. The van der Waals surface area contributed by atoms with E-state index in [2.05, 4.69) is 39.3 Å². The van der Waals surface area contributed by atoms with E-state index in [0.717, 1.165) is 30.9 Å². The van der Waals surface area contributed by atoms with Gasteiger partial charge in [0, 0.05) is 30.3 Å². The largest absolute Gasteiger partial charge is 0.310 e. The highest BCUT2D eigenvalue weighted by Gasteiger charge is 2.19. The van der Waals surface area contributed by atoms with E-state index in [-0.39, 0.29) is 11.9 Å². The molecule has 5 heteroatoms. The highest BCUT2D eigenvalue weighted by atomic mass is 79.9. The average molecular weight is 354 g/mol. The van der Waals surface area contributed by atoms with Gasteiger partial charge in [0.2, 0.25) is 0 Å². The summed E-state index contributed by atoms with van der Waals surface area (Å²) in [7, 11) is 0. The molecule has 1 aromatic carbocycles. The van der Waals surface area contributed by atoms with Crippen LogP contribution in [0.15, 0.2) is 28.7 Å². The van der Waals surface area contributed by atoms with Crippen LogP contribution in [0.2, 0.25) is 0 Å². The zero-order chi connectivity index (χ0) is 15.4. The van der Waals surface area contributed by atoms with E-state index in [9.17, 15) is 4.39 Å². The molecule has 0 bridgehead atoms. The van der Waals surface area contributed by atoms with Crippen molar-refractivity contribution < 1.29 is 4.39 Å². The summed E-state index contributed by atoms with van der Waals surface area (Å²) in [5.41, 5.74) is 2.81. The van der Waals surface area contributed by atoms with Crippen molar-refractivity contribution in [3.05, 3.63) is 51.5 Å². The van der Waals surface area contributed by atoms with Crippen LogP contribution in [0.5, 0.6) is 0 Å². The molecule has 0 saturated carbocycles. The van der Waals surface area contributed by atoms with E-state index in [1.807, 2.05) is 30.7 Å². The van der Waals surface area contributed by atoms with Crippen LogP contribution >= 0.6 is 15.9 Å². The fourth-order valence-electron chi connectivity index (χ4n) is 2.57. The summed E-state index contributed by atoms with van der Waals surface area (Å²) >= 11 is 3.26. The van der Waals surface area contributed by atoms with Gasteiger partial charge >= 0.3 is 0 Å². The Hall–Kier alpha value is -1.20. The van der Waals surface area contributed by atoms with Crippen LogP contribution in [0.4, 0.5) is 4.39 Å². The molecule has 0 aliphatic rings. The summed E-state index contributed by atoms with van der Waals surface area (Å²) in [5, 5.41) is 7.84. The van der Waals surface area contributed by atoms with Crippen LogP contribution < -0.4 is 5.32 Å². The molecule has 114 valence electrons. The average Bonchev–Trinajstić information content (AvgIpc) is 2.81. The number of likely N-dealkylation sites (N-methyl/N-ethyl adjacent to an activating group) is 1. The molecule has 1 unspecified atom stereocenters. The van der Waals surface area contributed by atoms with Crippen molar-refractivity contribution in [1.82, 2.24) is 15.1 Å². The van der Waals surface area contributed by atoms with E-state index in [1.54, 1.807) is 6.07 Å². The lowest BCUT2D eigenvalue weighted by molar-refractivity contribution is 0.488. The Kier molecular flexibility index (Phi) is 5.53. The number of nitrogens with zero attached hydrogens (tertiary/aromatic N) is 2. The number of hydrogen-bond acceptors (Lipinski definition) is 2. The highest BCUT2D eigenvalue weighted by molar-refractivity contribution is 9.10. The fraction of sp³-hybridized carbons (Fsp3) is 0.438. The van der Waals surface area contributed by atoms with Crippen molar-refractivity contribution >= 4 is 15.9 Å². The lowest BCUT2D eigenvalue weighted by atomic mass is 10.0. The van der Waals surface area contributed by atoms with Crippen molar-refractivity contribution in [3.63, 3.8) is 0 Å². The first-order valence-electron chi connectivity index (χ1n) is 7.27. The number of hydrogen-bond donors (Lipinski definition) is 1. The summed E-state index contributed by atoms with van der Waals surface area (Å²) in [4.78, 5) is 0. The van der Waals surface area contributed by atoms with Gasteiger partial charge in [-0.3, -0.25) is 4.68 Å². The third kappa shape index (κ3) is 3.71. The molecule has 21 heavy (non-hydrogen) atoms. The van der Waals surface area contributed by atoms with Gasteiger partial charge in [-0.05, 0) is 48.5 Å². The molecule has 1 N–H and O–H groups in total. The number of halogens is 2. The lowest BCUT2D eigenvalue weighted by Crippen LogP contribution is -2.25. The first-order chi connectivity index (χ1) is 10.1. The molecule has 0 radical (unpaired) electrons. The van der Waals surface area contributed by atoms with E-state index in [4.69, 9.17) is 0 Å². The Morgan fingerprint density at radius 1 is 1.38 bits per heavy atom. The summed E-state index contributed by atoms with van der Waals surface area (Å²) < 4.78 is 16.8. The first-order valence-corrected chi connectivity index (χ1v) is 8.06. The summed E-state index contributed by atoms with van der Waals surface area (Å²) in [6, 6.07) is 7.45. The van der Waals surface area contributed by atoms with Gasteiger partial charge in [-0.2, -0.15) is 5.10 Å². The topological polar surface area (TPSA) is 29.9 Å². The predicted molar refractivity (Wildman–Crippen MR) is 86.9 cm³/mol. The van der Waals surface area contributed by atoms with Gasteiger partial charge in [0.1, 0.15) is 5.82 Å². The molecule has 2 rings (SSSR count). The van der Waals surface area contributed by atoms with Crippen molar-refractivity contribution in [2.75, 3.05) is 6.54 Å². The Balaban J connectivity index is 2.33. The molecule has 1 aromatic heterocycles. The second-order valence-electron chi connectivity index (χ2n) is 5.05. The van der Waals surface area contributed by atoms with Crippen LogP contribution in [0, 0.1) is 12.7 Å². The van der Waals surface area contributed by atoms with Crippen molar-refractivity contribution in [1.29, 1.82) is 0 Å². The minimum Gasteiger partial charge on any atom is -0.310 e. The van der Waals surface area contributed by atoms with Crippen LogP contribution in [0.3, 0.4) is 0 Å². The van der Waals surface area contributed by atoms with Crippen LogP contribution in [-0.4, -0.2) is 16.3 Å². The summed E-state index contributed by atoms with van der Waals surface area (Å²) in [5.74, 6) is -0.192. The Bertz CT molecular complexity index is 610. The smallest absolute Gasteiger partial charge is 0.142 e. The fourth-order valence-corrected chi connectivity index (χ4v) is 2.96. The summed E-state index contributed by atoms with van der Waals surface area (Å²) in [6.07, 6.45) is 0.718. The zero-order valence-electron chi connectivity index (χ0n) is 12.7. The van der Waals surface area contributed by atoms with E-state index < -0.39 is 0 Å². The van der Waals surface area contributed by atoms with Crippen molar-refractivity contribution in [3.8, 4) is 0 Å². The van der Waals surface area contributed by atoms with E-state index >= 15 is 0 Å². The molecule has 0 aliphatic heterocycles. The highest BCUT2D eigenvalue weighted by Crippen LogP contribution is 2.26. The number of aryl methyl sites for hydroxylation is 2. The molecular weight excluding hydrogens is 333 g/mol. The Labute approximate surface area is 133 Å². The number of benzene rings is 1. The maximum Gasteiger partial charge on any atom is 0.142 e. The second-order valence-corrected chi connectivity index (χ2v) is 5.90.